The summed E-state index contributed by atoms with van der Waals surface area (Å²) in [4.78, 5) is 11.5. The first kappa shape index (κ1) is 14.8. The molecule has 1 aromatic heterocycles. The molecule has 2 nitrogen and oxygen atoms in total. The van der Waals surface area contributed by atoms with Crippen molar-refractivity contribution in [2.75, 3.05) is 6.61 Å². The van der Waals surface area contributed by atoms with Crippen LogP contribution in [0.5, 0.6) is 0 Å². The van der Waals surface area contributed by atoms with Crippen LogP contribution in [0.25, 0.3) is 0 Å². The van der Waals surface area contributed by atoms with E-state index in [2.05, 4.69) is 5.38 Å². The summed E-state index contributed by atoms with van der Waals surface area (Å²) in [5, 5.41) is 2.81. The maximum atomic E-state index is 10.9. The van der Waals surface area contributed by atoms with Crippen LogP contribution >= 0.6 is 11.3 Å². The van der Waals surface area contributed by atoms with E-state index in [0.29, 0.717) is 11.5 Å². The van der Waals surface area contributed by atoms with Gasteiger partial charge in [-0.3, -0.25) is 16.1 Å². The zero-order valence-corrected chi connectivity index (χ0v) is 12.0. The Morgan fingerprint density at radius 1 is 1.75 bits per heavy atom. The minimum Gasteiger partial charge on any atom is -1.00 e. The van der Waals surface area contributed by atoms with Crippen molar-refractivity contribution in [3.63, 3.8) is 0 Å². The fourth-order valence-corrected chi connectivity index (χ4v) is 1.09. The Morgan fingerprint density at radius 2 is 2.42 bits per heavy atom. The van der Waals surface area contributed by atoms with E-state index in [1.54, 1.807) is 19.1 Å². The number of halogens is 1. The van der Waals surface area contributed by atoms with Crippen LogP contribution in [0.4, 0.5) is 0 Å². The van der Waals surface area contributed by atoms with Crippen LogP contribution in [-0.2, 0) is 24.2 Å². The van der Waals surface area contributed by atoms with Crippen molar-refractivity contribution in [3.8, 4) is 0 Å². The minimum absolute atomic E-state index is 0. The molecule has 0 saturated heterocycles. The van der Waals surface area contributed by atoms with E-state index >= 15 is 0 Å². The number of thiophene rings is 1. The first-order valence-corrected chi connectivity index (χ1v) is 3.79. The van der Waals surface area contributed by atoms with Gasteiger partial charge in [0.25, 0.3) is 5.97 Å². The van der Waals surface area contributed by atoms with Crippen LogP contribution in [0.15, 0.2) is 12.1 Å². The van der Waals surface area contributed by atoms with Gasteiger partial charge in [0, 0.05) is 0 Å². The van der Waals surface area contributed by atoms with Crippen LogP contribution < -0.4 is 17.0 Å². The van der Waals surface area contributed by atoms with E-state index in [9.17, 15) is 4.79 Å². The maximum Gasteiger partial charge on any atom is 2.00 e. The zero-order chi connectivity index (χ0) is 7.40. The largest absolute Gasteiger partial charge is 2.00 e. The van der Waals surface area contributed by atoms with Gasteiger partial charge < -0.3 is 21.7 Å². The second-order valence-corrected chi connectivity index (χ2v) is 2.52. The topological polar surface area (TPSA) is 26.3 Å². The molecule has 1 heterocycles. The van der Waals surface area contributed by atoms with E-state index in [-0.39, 0.29) is 42.4 Å². The summed E-state index contributed by atoms with van der Waals surface area (Å²) < 4.78 is 4.74. The van der Waals surface area contributed by atoms with Crippen molar-refractivity contribution < 1.29 is 46.0 Å². The fraction of sp³-hybridized carbons (Fsp3) is 0.286. The first-order valence-electron chi connectivity index (χ1n) is 2.97. The number of carbonyl (C=O) groups excluding carboxylic acids is 1. The number of rotatable bonds is 2. The van der Waals surface area contributed by atoms with Crippen LogP contribution in [0.1, 0.15) is 16.6 Å². The van der Waals surface area contributed by atoms with Gasteiger partial charge >= 0.3 is 19.5 Å². The number of ether oxygens (including phenoxy) is 1. The summed E-state index contributed by atoms with van der Waals surface area (Å²) in [6.45, 7) is 2.21. The van der Waals surface area contributed by atoms with Gasteiger partial charge in [-0.15, -0.1) is 5.38 Å². The Kier molecular flexibility index (Phi) is 9.73. The van der Waals surface area contributed by atoms with Crippen molar-refractivity contribution in [3.05, 3.63) is 22.4 Å². The Morgan fingerprint density at radius 3 is 2.83 bits per heavy atom. The molecule has 0 amide bonds. The standard InChI is InChI=1S/C7H7O2S.BrH.Zn/c1-2-9-7(8)6-4-3-5-10-6;;/h3-4H,2H2,1H3;1H;/q-1;;+2/p-1. The van der Waals surface area contributed by atoms with Crippen molar-refractivity contribution in [1.82, 2.24) is 0 Å². The second-order valence-electron chi connectivity index (χ2n) is 1.64. The Hall–Kier alpha value is 0.273. The van der Waals surface area contributed by atoms with Crippen molar-refractivity contribution in [2.45, 2.75) is 6.92 Å². The molecule has 0 atom stereocenters. The van der Waals surface area contributed by atoms with Gasteiger partial charge in [0.15, 0.2) is 0 Å². The molecule has 1 aromatic rings. The SMILES string of the molecule is CCOC(=O)c1cc[c-]s1.[Br-].[Zn+2]. The van der Waals surface area contributed by atoms with E-state index < -0.39 is 0 Å². The summed E-state index contributed by atoms with van der Waals surface area (Å²) >= 11 is 1.27. The number of carbonyl (C=O) groups is 1. The van der Waals surface area contributed by atoms with Gasteiger partial charge in [-0.1, -0.05) is 0 Å². The maximum absolute atomic E-state index is 10.9. The first-order chi connectivity index (χ1) is 4.84. The molecule has 0 fully saturated rings. The van der Waals surface area contributed by atoms with Crippen molar-refractivity contribution >= 4 is 17.3 Å². The molecular weight excluding hydrogens is 293 g/mol. The third kappa shape index (κ3) is 4.34. The minimum atomic E-state index is -0.256. The molecule has 0 bridgehead atoms. The predicted molar refractivity (Wildman–Crippen MR) is 39.1 cm³/mol. The molecule has 62 valence electrons. The fourth-order valence-electron chi connectivity index (χ4n) is 0.553. The van der Waals surface area contributed by atoms with E-state index in [0.717, 1.165) is 0 Å². The molecule has 5 heteroatoms. The molecule has 0 spiro atoms. The molecule has 0 radical (unpaired) electrons. The zero-order valence-electron chi connectivity index (χ0n) is 6.67. The predicted octanol–water partition coefficient (Wildman–Crippen LogP) is -1.27. The molecule has 0 aliphatic carbocycles. The molecule has 12 heavy (non-hydrogen) atoms. The van der Waals surface area contributed by atoms with E-state index in [1.807, 2.05) is 0 Å². The smallest absolute Gasteiger partial charge is 1.00 e. The monoisotopic (exact) mass is 298 g/mol. The molecule has 1 rings (SSSR count). The molecular formula is C7H7BrO2SZn. The van der Waals surface area contributed by atoms with E-state index in [4.69, 9.17) is 4.74 Å². The molecule has 0 N–H and O–H groups in total. The Bertz CT molecular complexity index is 213. The third-order valence-electron chi connectivity index (χ3n) is 0.948. The number of hydrogen-bond donors (Lipinski definition) is 0. The summed E-state index contributed by atoms with van der Waals surface area (Å²) in [5.41, 5.74) is 0. The molecule has 0 aliphatic rings. The van der Waals surface area contributed by atoms with Gasteiger partial charge in [-0.25, -0.2) is 0 Å². The summed E-state index contributed by atoms with van der Waals surface area (Å²) in [5.74, 6) is -0.256. The average Bonchev–Trinajstić information content (AvgIpc) is 2.38. The summed E-state index contributed by atoms with van der Waals surface area (Å²) in [6.07, 6.45) is 0. The summed E-state index contributed by atoms with van der Waals surface area (Å²) in [6, 6.07) is 3.40. The molecule has 0 aromatic carbocycles. The molecule has 0 aliphatic heterocycles. The van der Waals surface area contributed by atoms with Gasteiger partial charge in [0.2, 0.25) is 0 Å². The normalized spacial score (nSPS) is 7.75. The Labute approximate surface area is 98.8 Å². The van der Waals surface area contributed by atoms with Gasteiger partial charge in [-0.05, 0) is 11.8 Å². The van der Waals surface area contributed by atoms with Crippen LogP contribution in [-0.4, -0.2) is 12.6 Å². The quantitative estimate of drug-likeness (QED) is 0.387. The number of esters is 1. The van der Waals surface area contributed by atoms with Gasteiger partial charge in [0.1, 0.15) is 0 Å². The summed E-state index contributed by atoms with van der Waals surface area (Å²) in [7, 11) is 0. The van der Waals surface area contributed by atoms with Gasteiger partial charge in [0.05, 0.1) is 6.61 Å². The molecule has 0 saturated carbocycles. The van der Waals surface area contributed by atoms with E-state index in [1.165, 1.54) is 11.3 Å². The van der Waals surface area contributed by atoms with Gasteiger partial charge in [-0.2, -0.15) is 12.1 Å². The van der Waals surface area contributed by atoms with Crippen molar-refractivity contribution in [2.24, 2.45) is 0 Å². The second kappa shape index (κ2) is 7.90. The van der Waals surface area contributed by atoms with Crippen LogP contribution in [0, 0.1) is 5.38 Å². The number of hydrogen-bond acceptors (Lipinski definition) is 3. The molecule has 0 unspecified atom stereocenters. The average molecular weight is 300 g/mol. The van der Waals surface area contributed by atoms with Crippen molar-refractivity contribution in [1.29, 1.82) is 0 Å². The van der Waals surface area contributed by atoms with Crippen LogP contribution in [0.2, 0.25) is 0 Å². The third-order valence-corrected chi connectivity index (χ3v) is 1.72. The van der Waals surface area contributed by atoms with Crippen LogP contribution in [0.3, 0.4) is 0 Å². The Balaban J connectivity index is 0.